The fourth-order valence-corrected chi connectivity index (χ4v) is 1.42. The number of rotatable bonds is 11. The molecule has 0 aromatic rings. The van der Waals surface area contributed by atoms with Crippen LogP contribution in [0.2, 0.25) is 0 Å². The number of hydrogen-bond acceptors (Lipinski definition) is 3. The minimum atomic E-state index is -0.767. The summed E-state index contributed by atoms with van der Waals surface area (Å²) >= 11 is 0. The predicted molar refractivity (Wildman–Crippen MR) is 68.6 cm³/mol. The van der Waals surface area contributed by atoms with Crippen molar-refractivity contribution in [2.45, 2.75) is 38.5 Å². The highest BCUT2D eigenvalue weighted by Crippen LogP contribution is 1.98. The van der Waals surface area contributed by atoms with Gasteiger partial charge in [-0.25, -0.2) is 4.79 Å². The van der Waals surface area contributed by atoms with Crippen molar-refractivity contribution in [2.75, 3.05) is 26.8 Å². The van der Waals surface area contributed by atoms with Crippen molar-refractivity contribution in [3.63, 3.8) is 0 Å². The minimum absolute atomic E-state index is 0.161. The molecular weight excluding hydrogens is 236 g/mol. The first-order valence-electron chi connectivity index (χ1n) is 6.39. The molecule has 0 bridgehead atoms. The number of aliphatic carboxylic acids is 1. The van der Waals surface area contributed by atoms with E-state index >= 15 is 0 Å². The summed E-state index contributed by atoms with van der Waals surface area (Å²) in [5, 5.41) is 13.9. The van der Waals surface area contributed by atoms with Crippen molar-refractivity contribution >= 4 is 12.0 Å². The maximum Gasteiger partial charge on any atom is 0.314 e. The Bertz CT molecular complexity index is 234. The van der Waals surface area contributed by atoms with Crippen LogP contribution in [0.5, 0.6) is 0 Å². The lowest BCUT2D eigenvalue weighted by Crippen LogP contribution is -2.36. The molecule has 2 amide bonds. The number of carbonyl (C=O) groups excluding carboxylic acids is 1. The molecule has 0 atom stereocenters. The van der Waals surface area contributed by atoms with Crippen LogP contribution in [0.3, 0.4) is 0 Å². The summed E-state index contributed by atoms with van der Waals surface area (Å²) in [7, 11) is 1.66. The van der Waals surface area contributed by atoms with Gasteiger partial charge < -0.3 is 20.5 Å². The zero-order chi connectivity index (χ0) is 13.6. The molecule has 6 heteroatoms. The molecule has 0 spiro atoms. The van der Waals surface area contributed by atoms with Gasteiger partial charge in [0.15, 0.2) is 0 Å². The molecule has 3 N–H and O–H groups in total. The second kappa shape index (κ2) is 12.2. The molecule has 0 saturated carbocycles. The summed E-state index contributed by atoms with van der Waals surface area (Å²) in [5.74, 6) is -0.767. The quantitative estimate of drug-likeness (QED) is 0.489. The van der Waals surface area contributed by atoms with Gasteiger partial charge in [-0.3, -0.25) is 4.79 Å². The van der Waals surface area contributed by atoms with Crippen LogP contribution in [-0.2, 0) is 9.53 Å². The Labute approximate surface area is 108 Å². The Morgan fingerprint density at radius 3 is 2.17 bits per heavy atom. The Kier molecular flexibility index (Phi) is 11.3. The maximum atomic E-state index is 11.3. The lowest BCUT2D eigenvalue weighted by Gasteiger charge is -2.07. The van der Waals surface area contributed by atoms with E-state index in [2.05, 4.69) is 10.6 Å². The van der Waals surface area contributed by atoms with Crippen LogP contribution in [0.25, 0.3) is 0 Å². The van der Waals surface area contributed by atoms with E-state index in [0.29, 0.717) is 26.1 Å². The van der Waals surface area contributed by atoms with Gasteiger partial charge in [0.05, 0.1) is 0 Å². The second-order valence-electron chi connectivity index (χ2n) is 4.09. The van der Waals surface area contributed by atoms with E-state index < -0.39 is 5.97 Å². The summed E-state index contributed by atoms with van der Waals surface area (Å²) in [4.78, 5) is 21.5. The largest absolute Gasteiger partial charge is 0.481 e. The van der Waals surface area contributed by atoms with Crippen LogP contribution in [-0.4, -0.2) is 43.9 Å². The van der Waals surface area contributed by atoms with Gasteiger partial charge in [-0.1, -0.05) is 6.42 Å². The van der Waals surface area contributed by atoms with Gasteiger partial charge in [0.25, 0.3) is 0 Å². The topological polar surface area (TPSA) is 87.7 Å². The van der Waals surface area contributed by atoms with Gasteiger partial charge in [0.1, 0.15) is 0 Å². The van der Waals surface area contributed by atoms with Crippen molar-refractivity contribution in [1.29, 1.82) is 0 Å². The number of urea groups is 1. The molecule has 18 heavy (non-hydrogen) atoms. The minimum Gasteiger partial charge on any atom is -0.481 e. The number of methoxy groups -OCH3 is 1. The van der Waals surface area contributed by atoms with Gasteiger partial charge in [0.2, 0.25) is 0 Å². The Balaban J connectivity index is 3.19. The zero-order valence-corrected chi connectivity index (χ0v) is 11.0. The van der Waals surface area contributed by atoms with Crippen LogP contribution < -0.4 is 10.6 Å². The number of unbranched alkanes of at least 4 members (excludes halogenated alkanes) is 3. The van der Waals surface area contributed by atoms with E-state index in [1.165, 1.54) is 0 Å². The van der Waals surface area contributed by atoms with Crippen molar-refractivity contribution < 1.29 is 19.4 Å². The molecule has 0 radical (unpaired) electrons. The van der Waals surface area contributed by atoms with Crippen LogP contribution >= 0.6 is 0 Å². The molecule has 0 aromatic carbocycles. The smallest absolute Gasteiger partial charge is 0.314 e. The van der Waals surface area contributed by atoms with Crippen LogP contribution in [0.15, 0.2) is 0 Å². The molecule has 0 aliphatic heterocycles. The van der Waals surface area contributed by atoms with Gasteiger partial charge in [-0.2, -0.15) is 0 Å². The third kappa shape index (κ3) is 12.8. The number of amides is 2. The highest BCUT2D eigenvalue weighted by molar-refractivity contribution is 5.73. The second-order valence-corrected chi connectivity index (χ2v) is 4.09. The van der Waals surface area contributed by atoms with E-state index in [4.69, 9.17) is 9.84 Å². The first-order valence-corrected chi connectivity index (χ1v) is 6.39. The Morgan fingerprint density at radius 1 is 1.00 bits per heavy atom. The van der Waals surface area contributed by atoms with Gasteiger partial charge >= 0.3 is 12.0 Å². The average Bonchev–Trinajstić information content (AvgIpc) is 2.33. The van der Waals surface area contributed by atoms with Crippen molar-refractivity contribution in [1.82, 2.24) is 10.6 Å². The summed E-state index contributed by atoms with van der Waals surface area (Å²) < 4.78 is 4.90. The summed E-state index contributed by atoms with van der Waals surface area (Å²) in [6.45, 7) is 1.95. The normalized spacial score (nSPS) is 10.1. The SMILES string of the molecule is COCCCCNC(=O)NCCCCCC(=O)O. The van der Waals surface area contributed by atoms with Crippen LogP contribution in [0.4, 0.5) is 4.79 Å². The first-order chi connectivity index (χ1) is 8.66. The van der Waals surface area contributed by atoms with E-state index in [0.717, 1.165) is 25.7 Å². The number of ether oxygens (including phenoxy) is 1. The number of carboxylic acid groups (broad SMARTS) is 1. The Morgan fingerprint density at radius 2 is 1.61 bits per heavy atom. The molecule has 0 aliphatic rings. The fraction of sp³-hybridized carbons (Fsp3) is 0.833. The summed E-state index contributed by atoms with van der Waals surface area (Å²) in [5.41, 5.74) is 0. The number of carbonyl (C=O) groups is 2. The lowest BCUT2D eigenvalue weighted by atomic mass is 10.2. The predicted octanol–water partition coefficient (Wildman–Crippen LogP) is 1.36. The van der Waals surface area contributed by atoms with Gasteiger partial charge in [0, 0.05) is 33.2 Å². The van der Waals surface area contributed by atoms with Crippen LogP contribution in [0, 0.1) is 0 Å². The van der Waals surface area contributed by atoms with Crippen molar-refractivity contribution in [2.24, 2.45) is 0 Å². The van der Waals surface area contributed by atoms with E-state index in [1.54, 1.807) is 7.11 Å². The molecule has 6 nitrogen and oxygen atoms in total. The standard InChI is InChI=1S/C12H24N2O4/c1-18-10-6-5-9-14-12(17)13-8-4-2-3-7-11(15)16/h2-10H2,1H3,(H,15,16)(H2,13,14,17). The average molecular weight is 260 g/mol. The van der Waals surface area contributed by atoms with Crippen LogP contribution in [0.1, 0.15) is 38.5 Å². The highest BCUT2D eigenvalue weighted by Gasteiger charge is 1.99. The molecule has 0 rings (SSSR count). The van der Waals surface area contributed by atoms with Gasteiger partial charge in [-0.15, -0.1) is 0 Å². The molecule has 106 valence electrons. The van der Waals surface area contributed by atoms with E-state index in [-0.39, 0.29) is 12.5 Å². The monoisotopic (exact) mass is 260 g/mol. The zero-order valence-electron chi connectivity index (χ0n) is 11.0. The third-order valence-corrected chi connectivity index (χ3v) is 2.41. The van der Waals surface area contributed by atoms with E-state index in [1.807, 2.05) is 0 Å². The Hall–Kier alpha value is -1.30. The highest BCUT2D eigenvalue weighted by atomic mass is 16.5. The number of hydrogen-bond donors (Lipinski definition) is 3. The molecule has 0 heterocycles. The summed E-state index contributed by atoms with van der Waals surface area (Å²) in [6, 6.07) is -0.161. The van der Waals surface area contributed by atoms with Crippen molar-refractivity contribution in [3.8, 4) is 0 Å². The molecule has 0 fully saturated rings. The fourth-order valence-electron chi connectivity index (χ4n) is 1.42. The molecule has 0 unspecified atom stereocenters. The third-order valence-electron chi connectivity index (χ3n) is 2.41. The lowest BCUT2D eigenvalue weighted by molar-refractivity contribution is -0.137. The van der Waals surface area contributed by atoms with Gasteiger partial charge in [-0.05, 0) is 25.7 Å². The van der Waals surface area contributed by atoms with Crippen molar-refractivity contribution in [3.05, 3.63) is 0 Å². The molecule has 0 aromatic heterocycles. The number of carboxylic acids is 1. The van der Waals surface area contributed by atoms with E-state index in [9.17, 15) is 9.59 Å². The summed E-state index contributed by atoms with van der Waals surface area (Å²) in [6.07, 6.45) is 4.33. The molecule has 0 aliphatic carbocycles. The first kappa shape index (κ1) is 16.7. The molecule has 0 saturated heterocycles. The number of nitrogens with one attached hydrogen (secondary N) is 2. The molecular formula is C12H24N2O4. The maximum absolute atomic E-state index is 11.3.